The lowest BCUT2D eigenvalue weighted by Gasteiger charge is -2.23. The second kappa shape index (κ2) is 6.72. The summed E-state index contributed by atoms with van der Waals surface area (Å²) in [6.45, 7) is 4.88. The van der Waals surface area contributed by atoms with E-state index in [1.54, 1.807) is 0 Å². The monoisotopic (exact) mass is 355 g/mol. The van der Waals surface area contributed by atoms with Gasteiger partial charge in [0.25, 0.3) is 0 Å². The molecule has 1 aromatic heterocycles. The number of carbonyl (C=O) groups excluding carboxylic acids is 1. The molecule has 1 aromatic rings. The number of carboxylic acid groups (broad SMARTS) is 1. The molecule has 132 valence electrons. The summed E-state index contributed by atoms with van der Waals surface area (Å²) < 4.78 is 7.44. The van der Waals surface area contributed by atoms with Crippen LogP contribution in [0.5, 0.6) is 0 Å². The maximum atomic E-state index is 12.4. The smallest absolute Gasteiger partial charge is 0.310 e. The van der Waals surface area contributed by atoms with E-state index in [2.05, 4.69) is 10.4 Å². The molecule has 2 bridgehead atoms. The van der Waals surface area contributed by atoms with Crippen LogP contribution in [0.15, 0.2) is 0 Å². The molecule has 7 nitrogen and oxygen atoms in total. The summed E-state index contributed by atoms with van der Waals surface area (Å²) in [6, 6.07) is 0. The van der Waals surface area contributed by atoms with Gasteiger partial charge >= 0.3 is 5.97 Å². The first-order chi connectivity index (χ1) is 11.4. The molecule has 3 heterocycles. The number of aliphatic carboxylic acids is 1. The number of nitrogens with zero attached hydrogens (tertiary/aromatic N) is 2. The van der Waals surface area contributed by atoms with Crippen LogP contribution in [0.2, 0.25) is 5.02 Å². The summed E-state index contributed by atoms with van der Waals surface area (Å²) in [6.07, 6.45) is 1.61. The number of ether oxygens (including phenoxy) is 1. The molecule has 0 radical (unpaired) electrons. The fourth-order valence-electron chi connectivity index (χ4n) is 3.78. The Morgan fingerprint density at radius 2 is 2.00 bits per heavy atom. The molecule has 2 aliphatic rings. The number of hydrogen-bond donors (Lipinski definition) is 2. The molecular formula is C16H22ClN3O4. The maximum Gasteiger partial charge on any atom is 0.310 e. The van der Waals surface area contributed by atoms with E-state index in [1.165, 1.54) is 0 Å². The highest BCUT2D eigenvalue weighted by Crippen LogP contribution is 2.43. The molecule has 24 heavy (non-hydrogen) atoms. The predicted octanol–water partition coefficient (Wildman–Crippen LogP) is 1.54. The summed E-state index contributed by atoms with van der Waals surface area (Å²) in [4.78, 5) is 23.8. The first-order valence-corrected chi connectivity index (χ1v) is 8.63. The van der Waals surface area contributed by atoms with E-state index in [0.717, 1.165) is 24.2 Å². The van der Waals surface area contributed by atoms with Gasteiger partial charge in [0.1, 0.15) is 0 Å². The van der Waals surface area contributed by atoms with E-state index < -0.39 is 17.8 Å². The van der Waals surface area contributed by atoms with Crippen LogP contribution in [0.4, 0.5) is 0 Å². The highest BCUT2D eigenvalue weighted by molar-refractivity contribution is 6.31. The molecule has 4 atom stereocenters. The summed E-state index contributed by atoms with van der Waals surface area (Å²) in [5.74, 6) is -2.47. The molecule has 0 unspecified atom stereocenters. The summed E-state index contributed by atoms with van der Waals surface area (Å²) in [5.41, 5.74) is 1.70. The lowest BCUT2D eigenvalue weighted by molar-refractivity contribution is -0.147. The van der Waals surface area contributed by atoms with Gasteiger partial charge in [-0.15, -0.1) is 0 Å². The molecule has 2 N–H and O–H groups in total. The van der Waals surface area contributed by atoms with Gasteiger partial charge in [-0.25, -0.2) is 0 Å². The Morgan fingerprint density at radius 3 is 2.58 bits per heavy atom. The Labute approximate surface area is 145 Å². The van der Waals surface area contributed by atoms with Crippen molar-refractivity contribution < 1.29 is 19.4 Å². The molecule has 0 aromatic carbocycles. The minimum atomic E-state index is -0.945. The highest BCUT2D eigenvalue weighted by atomic mass is 35.5. The van der Waals surface area contributed by atoms with Gasteiger partial charge in [0, 0.05) is 13.1 Å². The van der Waals surface area contributed by atoms with Crippen LogP contribution in [0.25, 0.3) is 0 Å². The average Bonchev–Trinajstić information content (AvgIpc) is 3.21. The van der Waals surface area contributed by atoms with E-state index in [-0.39, 0.29) is 18.1 Å². The Bertz CT molecular complexity index is 660. The van der Waals surface area contributed by atoms with Crippen molar-refractivity contribution in [2.45, 2.75) is 51.9 Å². The van der Waals surface area contributed by atoms with Crippen molar-refractivity contribution in [1.29, 1.82) is 0 Å². The molecule has 3 rings (SSSR count). The van der Waals surface area contributed by atoms with E-state index in [9.17, 15) is 14.7 Å². The van der Waals surface area contributed by atoms with Gasteiger partial charge in [-0.2, -0.15) is 5.10 Å². The van der Waals surface area contributed by atoms with Gasteiger partial charge < -0.3 is 15.2 Å². The van der Waals surface area contributed by atoms with Crippen molar-refractivity contribution in [1.82, 2.24) is 15.1 Å². The third-order valence-corrected chi connectivity index (χ3v) is 5.55. The van der Waals surface area contributed by atoms with Crippen molar-refractivity contribution in [2.75, 3.05) is 6.54 Å². The first-order valence-electron chi connectivity index (χ1n) is 8.25. The second-order valence-corrected chi connectivity index (χ2v) is 6.91. The number of rotatable bonds is 6. The fourth-order valence-corrected chi connectivity index (χ4v) is 3.91. The third kappa shape index (κ3) is 3.02. The number of aromatic nitrogens is 2. The number of fused-ring (bicyclic) bond motifs is 2. The van der Waals surface area contributed by atoms with Crippen molar-refractivity contribution in [3.05, 3.63) is 16.4 Å². The Morgan fingerprint density at radius 1 is 1.33 bits per heavy atom. The minimum absolute atomic E-state index is 0.221. The Balaban J connectivity index is 1.51. The molecule has 1 amide bonds. The topological polar surface area (TPSA) is 93.5 Å². The van der Waals surface area contributed by atoms with Gasteiger partial charge in [0.2, 0.25) is 5.91 Å². The largest absolute Gasteiger partial charge is 0.481 e. The number of hydrogen-bond acceptors (Lipinski definition) is 4. The highest BCUT2D eigenvalue weighted by Gasteiger charge is 2.55. The van der Waals surface area contributed by atoms with Crippen LogP contribution < -0.4 is 5.32 Å². The number of carboxylic acids is 1. The number of amides is 1. The normalized spacial score (nSPS) is 28.3. The summed E-state index contributed by atoms with van der Waals surface area (Å²) in [7, 11) is 0. The van der Waals surface area contributed by atoms with Crippen molar-refractivity contribution in [2.24, 2.45) is 11.8 Å². The molecular weight excluding hydrogens is 334 g/mol. The molecule has 0 aliphatic carbocycles. The lowest BCUT2D eigenvalue weighted by Crippen LogP contribution is -2.44. The first kappa shape index (κ1) is 17.2. The number of carbonyl (C=O) groups is 2. The van der Waals surface area contributed by atoms with Crippen molar-refractivity contribution in [3.63, 3.8) is 0 Å². The quantitative estimate of drug-likeness (QED) is 0.755. The molecule has 2 saturated heterocycles. The average molecular weight is 356 g/mol. The molecule has 2 aliphatic heterocycles. The van der Waals surface area contributed by atoms with Gasteiger partial charge in [-0.3, -0.25) is 14.3 Å². The zero-order valence-corrected chi connectivity index (χ0v) is 14.5. The lowest BCUT2D eigenvalue weighted by atomic mass is 9.79. The van der Waals surface area contributed by atoms with Crippen molar-refractivity contribution >= 4 is 23.5 Å². The van der Waals surface area contributed by atoms with E-state index in [0.29, 0.717) is 24.5 Å². The fraction of sp³-hybridized carbons (Fsp3) is 0.688. The van der Waals surface area contributed by atoms with Gasteiger partial charge in [-0.1, -0.05) is 11.6 Å². The Hall–Kier alpha value is -1.60. The van der Waals surface area contributed by atoms with E-state index in [1.807, 2.05) is 18.5 Å². The molecule has 0 spiro atoms. The Kier molecular flexibility index (Phi) is 4.83. The van der Waals surface area contributed by atoms with Gasteiger partial charge in [-0.05, 0) is 33.1 Å². The van der Waals surface area contributed by atoms with Crippen LogP contribution in [-0.4, -0.2) is 45.5 Å². The second-order valence-electron chi connectivity index (χ2n) is 6.53. The SMILES string of the molecule is Cc1nn(CCCNC(=O)[C@@H]2[C@H](C(=O)O)[C@H]3CC[C@H]2O3)c(C)c1Cl. The summed E-state index contributed by atoms with van der Waals surface area (Å²) >= 11 is 6.11. The standard InChI is InChI=1S/C16H22ClN3O4/c1-8-14(17)9(2)20(19-8)7-3-6-18-15(21)12-10-4-5-11(24-10)13(12)16(22)23/h10-13H,3-7H2,1-2H3,(H,18,21)(H,22,23)/t10-,11-,12+,13-/m1/s1. The zero-order chi connectivity index (χ0) is 17.4. The molecule has 2 fully saturated rings. The molecule has 0 saturated carbocycles. The van der Waals surface area contributed by atoms with Crippen LogP contribution in [0.3, 0.4) is 0 Å². The van der Waals surface area contributed by atoms with E-state index in [4.69, 9.17) is 16.3 Å². The zero-order valence-electron chi connectivity index (χ0n) is 13.8. The van der Waals surface area contributed by atoms with E-state index >= 15 is 0 Å². The molecule has 8 heteroatoms. The number of aryl methyl sites for hydroxylation is 2. The number of halogens is 1. The van der Waals surface area contributed by atoms with Gasteiger partial charge in [0.15, 0.2) is 0 Å². The third-order valence-electron chi connectivity index (χ3n) is 5.00. The van der Waals surface area contributed by atoms with Gasteiger partial charge in [0.05, 0.1) is 40.5 Å². The van der Waals surface area contributed by atoms with Crippen LogP contribution >= 0.6 is 11.6 Å². The van der Waals surface area contributed by atoms with Crippen LogP contribution in [0, 0.1) is 25.7 Å². The minimum Gasteiger partial charge on any atom is -0.481 e. The summed E-state index contributed by atoms with van der Waals surface area (Å²) in [5, 5.41) is 17.2. The number of nitrogens with one attached hydrogen (secondary N) is 1. The maximum absolute atomic E-state index is 12.4. The predicted molar refractivity (Wildman–Crippen MR) is 86.8 cm³/mol. The van der Waals surface area contributed by atoms with Crippen LogP contribution in [0.1, 0.15) is 30.7 Å². The van der Waals surface area contributed by atoms with Crippen LogP contribution in [-0.2, 0) is 20.9 Å². The van der Waals surface area contributed by atoms with Crippen molar-refractivity contribution in [3.8, 4) is 0 Å².